The standard InChI is InChI=1S/C24H34FN5OS.C4H10.C2H6/c1-6-15(4)24(30-26-8-3)31-17-10-9-16(13-17)20-14-22(29-28-20)27-19-11-12-21(32-5)18(7-2)23(19)25;1-4(2)3;1-2/h8,11-12,14-17H,6-7,9-10,13H2,1-5H3,(H2,27,28,29);4H,1-3H3;1-2H3/b26-8-,30-24+;;. The second-order valence-electron chi connectivity index (χ2n) is 9.90. The Bertz CT molecular complexity index is 1000. The Morgan fingerprint density at radius 1 is 1.24 bits per heavy atom. The summed E-state index contributed by atoms with van der Waals surface area (Å²) in [6.45, 7) is 18.5. The quantitative estimate of drug-likeness (QED) is 0.142. The van der Waals surface area contributed by atoms with Gasteiger partial charge >= 0.3 is 0 Å². The van der Waals surface area contributed by atoms with Gasteiger partial charge in [0.25, 0.3) is 0 Å². The van der Waals surface area contributed by atoms with Crippen molar-refractivity contribution in [3.63, 3.8) is 0 Å². The lowest BCUT2D eigenvalue weighted by atomic mass is 10.0. The van der Waals surface area contributed by atoms with Crippen molar-refractivity contribution in [3.8, 4) is 0 Å². The van der Waals surface area contributed by atoms with E-state index in [2.05, 4.69) is 60.3 Å². The minimum absolute atomic E-state index is 0.114. The van der Waals surface area contributed by atoms with Crippen LogP contribution in [0, 0.1) is 17.7 Å². The van der Waals surface area contributed by atoms with Crippen LogP contribution in [0.2, 0.25) is 0 Å². The lowest BCUT2D eigenvalue weighted by Crippen LogP contribution is -2.21. The van der Waals surface area contributed by atoms with E-state index in [1.807, 2.05) is 46.1 Å². The number of aromatic nitrogens is 2. The Balaban J connectivity index is 0.00000110. The summed E-state index contributed by atoms with van der Waals surface area (Å²) in [5.41, 5.74) is 2.24. The van der Waals surface area contributed by atoms with Crippen molar-refractivity contribution in [1.82, 2.24) is 10.2 Å². The van der Waals surface area contributed by atoms with Crippen LogP contribution in [0.5, 0.6) is 0 Å². The summed E-state index contributed by atoms with van der Waals surface area (Å²) in [5.74, 6) is 2.53. The van der Waals surface area contributed by atoms with Crippen LogP contribution < -0.4 is 5.32 Å². The molecule has 1 aromatic carbocycles. The number of ether oxygens (including phenoxy) is 1. The SMILES string of the molecule is C/C=N\N=C(\OC1CCC(c2cc(Nc3ccc(SC)c(CC)c3F)n[nH]2)C1)C(C)CC.CC.CC(C)C. The molecule has 0 spiro atoms. The fourth-order valence-electron chi connectivity index (χ4n) is 4.00. The lowest BCUT2D eigenvalue weighted by Gasteiger charge is -2.18. The van der Waals surface area contributed by atoms with Crippen molar-refractivity contribution in [1.29, 1.82) is 0 Å². The molecule has 0 saturated heterocycles. The van der Waals surface area contributed by atoms with E-state index in [9.17, 15) is 4.39 Å². The highest BCUT2D eigenvalue weighted by molar-refractivity contribution is 7.98. The van der Waals surface area contributed by atoms with Crippen LogP contribution in [0.15, 0.2) is 33.3 Å². The van der Waals surface area contributed by atoms with Gasteiger partial charge in [-0.25, -0.2) is 4.39 Å². The Hall–Kier alpha value is -2.35. The molecule has 38 heavy (non-hydrogen) atoms. The molecular weight excluding hydrogens is 497 g/mol. The molecule has 0 amide bonds. The Labute approximate surface area is 234 Å². The summed E-state index contributed by atoms with van der Waals surface area (Å²) in [7, 11) is 0. The van der Waals surface area contributed by atoms with Gasteiger partial charge in [0.2, 0.25) is 5.90 Å². The summed E-state index contributed by atoms with van der Waals surface area (Å²) in [5, 5.41) is 18.9. The maximum Gasteiger partial charge on any atom is 0.211 e. The Kier molecular flexibility index (Phi) is 16.0. The van der Waals surface area contributed by atoms with Crippen LogP contribution in [0.4, 0.5) is 15.9 Å². The first-order valence-electron chi connectivity index (χ1n) is 14.1. The molecule has 1 aliphatic rings. The van der Waals surface area contributed by atoms with Crippen molar-refractivity contribution < 1.29 is 9.13 Å². The predicted octanol–water partition coefficient (Wildman–Crippen LogP) is 9.37. The van der Waals surface area contributed by atoms with Gasteiger partial charge in [0.15, 0.2) is 11.6 Å². The van der Waals surface area contributed by atoms with E-state index >= 15 is 0 Å². The molecule has 2 aromatic rings. The summed E-state index contributed by atoms with van der Waals surface area (Å²) in [6.07, 6.45) is 8.22. The zero-order valence-electron chi connectivity index (χ0n) is 25.2. The number of H-pyrrole nitrogens is 1. The number of anilines is 2. The largest absolute Gasteiger partial charge is 0.476 e. The lowest BCUT2D eigenvalue weighted by molar-refractivity contribution is 0.179. The normalized spacial score (nSPS) is 18.1. The molecule has 8 heteroatoms. The van der Waals surface area contributed by atoms with E-state index < -0.39 is 0 Å². The van der Waals surface area contributed by atoms with Crippen molar-refractivity contribution in [2.45, 2.75) is 111 Å². The van der Waals surface area contributed by atoms with Gasteiger partial charge < -0.3 is 10.1 Å². The molecule has 2 N–H and O–H groups in total. The van der Waals surface area contributed by atoms with E-state index in [1.165, 1.54) is 0 Å². The molecule has 0 radical (unpaired) electrons. The van der Waals surface area contributed by atoms with E-state index in [0.29, 0.717) is 29.7 Å². The van der Waals surface area contributed by atoms with Gasteiger partial charge in [0.05, 0.1) is 5.69 Å². The molecule has 0 bridgehead atoms. The number of benzene rings is 1. The highest BCUT2D eigenvalue weighted by atomic mass is 32.2. The van der Waals surface area contributed by atoms with Crippen molar-refractivity contribution >= 4 is 35.4 Å². The third-order valence-electron chi connectivity index (χ3n) is 6.05. The number of rotatable bonds is 9. The van der Waals surface area contributed by atoms with Crippen LogP contribution >= 0.6 is 11.8 Å². The van der Waals surface area contributed by atoms with E-state index in [0.717, 1.165) is 47.8 Å². The molecule has 3 rings (SSSR count). The van der Waals surface area contributed by atoms with Crippen molar-refractivity contribution in [3.05, 3.63) is 35.3 Å². The fourth-order valence-corrected chi connectivity index (χ4v) is 4.68. The van der Waals surface area contributed by atoms with Crippen LogP contribution in [0.3, 0.4) is 0 Å². The topological polar surface area (TPSA) is 74.7 Å². The minimum atomic E-state index is -0.204. The van der Waals surface area contributed by atoms with Gasteiger partial charge in [0, 0.05) is 40.3 Å². The Morgan fingerprint density at radius 2 is 1.92 bits per heavy atom. The highest BCUT2D eigenvalue weighted by Crippen LogP contribution is 2.37. The van der Waals surface area contributed by atoms with E-state index in [1.54, 1.807) is 24.0 Å². The molecule has 3 unspecified atom stereocenters. The van der Waals surface area contributed by atoms with Crippen molar-refractivity contribution in [2.24, 2.45) is 22.0 Å². The summed E-state index contributed by atoms with van der Waals surface area (Å²) < 4.78 is 21.1. The van der Waals surface area contributed by atoms with Gasteiger partial charge in [-0.2, -0.15) is 10.2 Å². The van der Waals surface area contributed by atoms with Crippen LogP contribution in [-0.4, -0.2) is 34.7 Å². The summed E-state index contributed by atoms with van der Waals surface area (Å²) in [6, 6.07) is 5.72. The number of hydrogen-bond acceptors (Lipinski definition) is 6. The zero-order valence-corrected chi connectivity index (χ0v) is 26.0. The number of nitrogens with zero attached hydrogens (tertiary/aromatic N) is 3. The molecule has 1 saturated carbocycles. The monoisotopic (exact) mass is 547 g/mol. The van der Waals surface area contributed by atoms with Gasteiger partial charge in [-0.1, -0.05) is 55.4 Å². The second-order valence-corrected chi connectivity index (χ2v) is 10.7. The molecule has 6 nitrogen and oxygen atoms in total. The maximum atomic E-state index is 14.9. The van der Waals surface area contributed by atoms with Gasteiger partial charge in [-0.3, -0.25) is 5.10 Å². The summed E-state index contributed by atoms with van der Waals surface area (Å²) >= 11 is 1.56. The fraction of sp³-hybridized carbons (Fsp3) is 0.633. The molecule has 1 aliphatic carbocycles. The van der Waals surface area contributed by atoms with Gasteiger partial charge in [0.1, 0.15) is 6.10 Å². The number of aromatic amines is 1. The van der Waals surface area contributed by atoms with Crippen molar-refractivity contribution in [2.75, 3.05) is 11.6 Å². The number of halogens is 1. The molecule has 214 valence electrons. The average molecular weight is 548 g/mol. The second kappa shape index (κ2) is 18.0. The number of nitrogens with one attached hydrogen (secondary N) is 2. The summed E-state index contributed by atoms with van der Waals surface area (Å²) in [4.78, 5) is 0.972. The van der Waals surface area contributed by atoms with Crippen LogP contribution in [0.25, 0.3) is 0 Å². The van der Waals surface area contributed by atoms with E-state index in [4.69, 9.17) is 4.74 Å². The van der Waals surface area contributed by atoms with Gasteiger partial charge in [-0.15, -0.1) is 16.9 Å². The molecule has 3 atom stereocenters. The highest BCUT2D eigenvalue weighted by Gasteiger charge is 2.30. The first kappa shape index (κ1) is 33.7. The van der Waals surface area contributed by atoms with E-state index in [-0.39, 0.29) is 17.8 Å². The first-order chi connectivity index (χ1) is 18.2. The number of thioether (sulfide) groups is 1. The molecule has 1 aromatic heterocycles. The molecule has 1 fully saturated rings. The third kappa shape index (κ3) is 10.4. The predicted molar refractivity (Wildman–Crippen MR) is 164 cm³/mol. The smallest absolute Gasteiger partial charge is 0.211 e. The van der Waals surface area contributed by atoms with Crippen LogP contribution in [-0.2, 0) is 11.2 Å². The maximum absolute atomic E-state index is 14.9. The van der Waals surface area contributed by atoms with Crippen LogP contribution in [0.1, 0.15) is 105 Å². The first-order valence-corrected chi connectivity index (χ1v) is 15.4. The minimum Gasteiger partial charge on any atom is -0.476 e. The molecule has 0 aliphatic heterocycles. The molecular formula is C30H50FN5OS. The number of hydrogen-bond donors (Lipinski definition) is 2. The third-order valence-corrected chi connectivity index (χ3v) is 6.87. The zero-order chi connectivity index (χ0) is 28.7. The average Bonchev–Trinajstić information content (AvgIpc) is 3.57. The molecule has 1 heterocycles. The van der Waals surface area contributed by atoms with Gasteiger partial charge in [-0.05, 0) is 63.3 Å². The Morgan fingerprint density at radius 3 is 2.50 bits per heavy atom.